The number of aryl methyl sites for hydroxylation is 1. The molecule has 0 amide bonds. The summed E-state index contributed by atoms with van der Waals surface area (Å²) in [6.07, 6.45) is 0. The topological polar surface area (TPSA) is 94.5 Å². The highest BCUT2D eigenvalue weighted by molar-refractivity contribution is 5.96. The molecule has 0 saturated heterocycles. The molecule has 4 aromatic heterocycles. The zero-order valence-corrected chi connectivity index (χ0v) is 17.5. The van der Waals surface area contributed by atoms with Crippen LogP contribution < -0.4 is 4.74 Å². The van der Waals surface area contributed by atoms with Crippen LogP contribution in [0, 0.1) is 6.92 Å². The molecule has 5 rings (SSSR count). The minimum Gasteiger partial charge on any atom is -0.470 e. The van der Waals surface area contributed by atoms with Crippen LogP contribution >= 0.6 is 0 Å². The number of fused-ring (bicyclic) bond motifs is 3. The number of pyridine rings is 1. The van der Waals surface area contributed by atoms with E-state index in [1.807, 2.05) is 63.5 Å². The summed E-state index contributed by atoms with van der Waals surface area (Å²) in [4.78, 5) is 6.76. The minimum absolute atomic E-state index is 0.296. The van der Waals surface area contributed by atoms with Crippen LogP contribution in [0.3, 0.4) is 0 Å². The fourth-order valence-corrected chi connectivity index (χ4v) is 3.45. The Morgan fingerprint density at radius 2 is 1.81 bits per heavy atom. The fourth-order valence-electron chi connectivity index (χ4n) is 3.45. The van der Waals surface area contributed by atoms with Crippen LogP contribution in [-0.4, -0.2) is 48.9 Å². The van der Waals surface area contributed by atoms with E-state index in [1.165, 1.54) is 0 Å². The average Bonchev–Trinajstić information content (AvgIpc) is 3.38. The first kappa shape index (κ1) is 19.1. The van der Waals surface area contributed by atoms with E-state index in [4.69, 9.17) is 9.26 Å². The lowest BCUT2D eigenvalue weighted by Crippen LogP contribution is -2.13. The van der Waals surface area contributed by atoms with Gasteiger partial charge in [-0.2, -0.15) is 4.52 Å². The van der Waals surface area contributed by atoms with E-state index in [0.717, 1.165) is 28.7 Å². The van der Waals surface area contributed by atoms with Gasteiger partial charge in [0.25, 0.3) is 0 Å². The Labute approximate surface area is 178 Å². The third-order valence-electron chi connectivity index (χ3n) is 4.79. The minimum atomic E-state index is 0.296. The van der Waals surface area contributed by atoms with Gasteiger partial charge in [0.15, 0.2) is 11.3 Å². The van der Waals surface area contributed by atoms with Gasteiger partial charge in [0, 0.05) is 23.4 Å². The maximum absolute atomic E-state index is 6.13. The van der Waals surface area contributed by atoms with Gasteiger partial charge in [-0.1, -0.05) is 29.4 Å². The van der Waals surface area contributed by atoms with Gasteiger partial charge in [0.05, 0.1) is 11.4 Å². The highest BCUT2D eigenvalue weighted by atomic mass is 16.5. The first-order valence-corrected chi connectivity index (χ1v) is 9.88. The molecule has 4 heterocycles. The summed E-state index contributed by atoms with van der Waals surface area (Å²) in [5.74, 6) is 1.66. The predicted octanol–water partition coefficient (Wildman–Crippen LogP) is 3.28. The first-order chi connectivity index (χ1) is 15.1. The van der Waals surface area contributed by atoms with Crippen molar-refractivity contribution in [3.05, 3.63) is 65.7 Å². The van der Waals surface area contributed by atoms with Crippen molar-refractivity contribution in [1.29, 1.82) is 0 Å². The number of hydrogen-bond donors (Lipinski definition) is 0. The van der Waals surface area contributed by atoms with Crippen LogP contribution in [0.4, 0.5) is 0 Å². The lowest BCUT2D eigenvalue weighted by molar-refractivity contribution is 0.288. The number of benzene rings is 1. The maximum Gasteiger partial charge on any atom is 0.240 e. The molecule has 0 aliphatic carbocycles. The molecule has 0 N–H and O–H groups in total. The van der Waals surface area contributed by atoms with Gasteiger partial charge in [-0.3, -0.25) is 4.98 Å². The average molecular weight is 415 g/mol. The van der Waals surface area contributed by atoms with Crippen LogP contribution in [0.25, 0.3) is 27.9 Å². The van der Waals surface area contributed by atoms with E-state index in [2.05, 4.69) is 30.3 Å². The molecule has 0 atom stereocenters. The van der Waals surface area contributed by atoms with Gasteiger partial charge >= 0.3 is 0 Å². The third-order valence-corrected chi connectivity index (χ3v) is 4.79. The van der Waals surface area contributed by atoms with Crippen LogP contribution in [-0.2, 0) is 13.2 Å². The largest absolute Gasteiger partial charge is 0.470 e. The number of rotatable bonds is 6. The lowest BCUT2D eigenvalue weighted by atomic mass is 10.2. The van der Waals surface area contributed by atoms with E-state index < -0.39 is 0 Å². The van der Waals surface area contributed by atoms with Crippen LogP contribution in [0.5, 0.6) is 5.88 Å². The number of ether oxygens (including phenoxy) is 1. The molecule has 0 unspecified atom stereocenters. The van der Waals surface area contributed by atoms with Crippen LogP contribution in [0.1, 0.15) is 17.1 Å². The molecule has 9 nitrogen and oxygen atoms in total. The molecule has 0 bridgehead atoms. The Balaban J connectivity index is 1.54. The van der Waals surface area contributed by atoms with Crippen molar-refractivity contribution in [3.63, 3.8) is 0 Å². The monoisotopic (exact) mass is 415 g/mol. The van der Waals surface area contributed by atoms with E-state index >= 15 is 0 Å². The Hall–Kier alpha value is -3.85. The predicted molar refractivity (Wildman–Crippen MR) is 114 cm³/mol. The van der Waals surface area contributed by atoms with Gasteiger partial charge in [-0.05, 0) is 39.2 Å². The molecule has 0 aliphatic rings. The zero-order chi connectivity index (χ0) is 21.4. The summed E-state index contributed by atoms with van der Waals surface area (Å²) in [5.41, 5.74) is 3.02. The molecule has 5 aromatic rings. The zero-order valence-electron chi connectivity index (χ0n) is 17.5. The van der Waals surface area contributed by atoms with Gasteiger partial charge in [0.1, 0.15) is 12.4 Å². The van der Waals surface area contributed by atoms with Gasteiger partial charge in [-0.25, -0.2) is 0 Å². The van der Waals surface area contributed by atoms with Crippen molar-refractivity contribution in [2.24, 2.45) is 0 Å². The summed E-state index contributed by atoms with van der Waals surface area (Å²) >= 11 is 0. The highest BCUT2D eigenvalue weighted by Gasteiger charge is 2.18. The summed E-state index contributed by atoms with van der Waals surface area (Å²) in [6, 6.07) is 15.6. The number of aromatic nitrogens is 6. The van der Waals surface area contributed by atoms with Crippen LogP contribution in [0.15, 0.2) is 53.1 Å². The van der Waals surface area contributed by atoms with Crippen molar-refractivity contribution >= 4 is 16.4 Å². The van der Waals surface area contributed by atoms with Crippen molar-refractivity contribution in [2.45, 2.75) is 20.1 Å². The van der Waals surface area contributed by atoms with E-state index in [9.17, 15) is 0 Å². The quantitative estimate of drug-likeness (QED) is 0.417. The normalized spacial score (nSPS) is 11.6. The molecule has 0 spiro atoms. The molecular weight excluding hydrogens is 394 g/mol. The highest BCUT2D eigenvalue weighted by Crippen LogP contribution is 2.29. The standard InChI is InChI=1S/C22H21N7O2/c1-14-11-19(27-31-14)21-25-24-20-17-9-4-5-10-18(17)22(26-29(20)21)30-13-16-8-6-7-15(23-16)12-28(2)3/h4-11H,12-13H2,1-3H3. The number of nitrogens with zero attached hydrogens (tertiary/aromatic N) is 7. The second-order valence-electron chi connectivity index (χ2n) is 7.58. The Bertz CT molecular complexity index is 1370. The van der Waals surface area contributed by atoms with Gasteiger partial charge in [0.2, 0.25) is 11.7 Å². The van der Waals surface area contributed by atoms with E-state index in [1.54, 1.807) is 10.6 Å². The van der Waals surface area contributed by atoms with E-state index in [0.29, 0.717) is 35.4 Å². The summed E-state index contributed by atoms with van der Waals surface area (Å²) in [6.45, 7) is 2.89. The van der Waals surface area contributed by atoms with Gasteiger partial charge < -0.3 is 14.2 Å². The number of hydrogen-bond acceptors (Lipinski definition) is 8. The SMILES string of the molecule is Cc1cc(-c2nnc3c4ccccc4c(OCc4cccc(CN(C)C)n4)nn23)no1. The maximum atomic E-state index is 6.13. The molecule has 156 valence electrons. The molecule has 31 heavy (non-hydrogen) atoms. The first-order valence-electron chi connectivity index (χ1n) is 9.88. The fraction of sp³-hybridized carbons (Fsp3) is 0.227. The Morgan fingerprint density at radius 1 is 1.00 bits per heavy atom. The molecule has 0 radical (unpaired) electrons. The van der Waals surface area contributed by atoms with Crippen molar-refractivity contribution < 1.29 is 9.26 Å². The molecule has 0 aliphatic heterocycles. The van der Waals surface area contributed by atoms with Crippen molar-refractivity contribution in [3.8, 4) is 17.4 Å². The van der Waals surface area contributed by atoms with Gasteiger partial charge in [-0.15, -0.1) is 15.3 Å². The third kappa shape index (κ3) is 3.71. The lowest BCUT2D eigenvalue weighted by Gasteiger charge is -2.11. The Kier molecular flexibility index (Phi) is 4.79. The Morgan fingerprint density at radius 3 is 2.58 bits per heavy atom. The smallest absolute Gasteiger partial charge is 0.240 e. The summed E-state index contributed by atoms with van der Waals surface area (Å²) in [7, 11) is 4.03. The molecule has 0 saturated carbocycles. The second kappa shape index (κ2) is 7.77. The second-order valence-corrected chi connectivity index (χ2v) is 7.58. The van der Waals surface area contributed by atoms with Crippen molar-refractivity contribution in [2.75, 3.05) is 14.1 Å². The molecule has 9 heteroatoms. The van der Waals surface area contributed by atoms with E-state index in [-0.39, 0.29) is 0 Å². The summed E-state index contributed by atoms with van der Waals surface area (Å²) < 4.78 is 13.0. The molecule has 1 aromatic carbocycles. The molecule has 0 fully saturated rings. The summed E-state index contributed by atoms with van der Waals surface area (Å²) in [5, 5.41) is 19.1. The van der Waals surface area contributed by atoms with Crippen LogP contribution in [0.2, 0.25) is 0 Å². The molecular formula is C22H21N7O2. The van der Waals surface area contributed by atoms with Crippen molar-refractivity contribution in [1.82, 2.24) is 34.9 Å².